The fraction of sp³-hybridized carbons (Fsp3) is 0.607. The number of hydrogen-bond acceptors (Lipinski definition) is 6. The maximum Gasteiger partial charge on any atom is 0.125 e. The summed E-state index contributed by atoms with van der Waals surface area (Å²) in [5.41, 5.74) is 12.5. The number of rotatable bonds is 5. The zero-order chi connectivity index (χ0) is 23.9. The van der Waals surface area contributed by atoms with Crippen molar-refractivity contribution in [1.29, 1.82) is 0 Å². The number of nitrogens with zero attached hydrogens (tertiary/aromatic N) is 3. The van der Waals surface area contributed by atoms with Gasteiger partial charge in [0.1, 0.15) is 11.6 Å². The number of hydrazine groups is 1. The Morgan fingerprint density at radius 3 is 2.80 bits per heavy atom. The number of hydrogen-bond donors (Lipinski definition) is 4. The van der Waals surface area contributed by atoms with Crippen molar-refractivity contribution in [3.05, 3.63) is 53.1 Å². The summed E-state index contributed by atoms with van der Waals surface area (Å²) in [7, 11) is 2.23. The number of imidazole rings is 1. The Labute approximate surface area is 209 Å². The SMILES string of the molecule is CCc1cc(O)ccc1C1CCC2C(C1)NNC2c1ncc(C2=CCN(C3CCN(C)CC3)C2)[nH]1. The van der Waals surface area contributed by atoms with Gasteiger partial charge in [-0.05, 0) is 99.3 Å². The van der Waals surface area contributed by atoms with Crippen LogP contribution >= 0.6 is 0 Å². The molecular weight excluding hydrogens is 436 g/mol. The predicted molar refractivity (Wildman–Crippen MR) is 139 cm³/mol. The quantitative estimate of drug-likeness (QED) is 0.528. The van der Waals surface area contributed by atoms with Crippen LogP contribution in [0.2, 0.25) is 0 Å². The van der Waals surface area contributed by atoms with E-state index >= 15 is 0 Å². The standard InChI is InChI=1S/C28H40N6O/c1-3-18-14-22(35)5-7-23(18)19-4-6-24-25(15-19)31-32-27(24)28-29-16-26(30-28)20-8-13-34(17-20)21-9-11-33(2)12-10-21/h5,7-8,14,16,19,21,24-25,27,31-32,35H,3-4,6,9-13,15,17H2,1-2H3,(H,29,30). The zero-order valence-corrected chi connectivity index (χ0v) is 21.1. The molecule has 0 amide bonds. The van der Waals surface area contributed by atoms with Crippen molar-refractivity contribution in [3.63, 3.8) is 0 Å². The van der Waals surface area contributed by atoms with Gasteiger partial charge in [-0.2, -0.15) is 0 Å². The molecule has 4 aliphatic rings. The van der Waals surface area contributed by atoms with E-state index in [1.165, 1.54) is 61.2 Å². The molecule has 4 unspecified atom stereocenters. The molecule has 1 saturated carbocycles. The summed E-state index contributed by atoms with van der Waals surface area (Å²) >= 11 is 0. The second-order valence-electron chi connectivity index (χ2n) is 11.2. The third-order valence-corrected chi connectivity index (χ3v) is 9.09. The maximum atomic E-state index is 9.91. The molecule has 188 valence electrons. The first-order chi connectivity index (χ1) is 17.1. The lowest BCUT2D eigenvalue weighted by Gasteiger charge is -2.35. The number of benzene rings is 1. The van der Waals surface area contributed by atoms with Gasteiger partial charge in [-0.25, -0.2) is 10.4 Å². The lowest BCUT2D eigenvalue weighted by atomic mass is 9.73. The van der Waals surface area contributed by atoms with Crippen molar-refractivity contribution in [2.24, 2.45) is 5.92 Å². The average Bonchev–Trinajstić information content (AvgIpc) is 3.63. The van der Waals surface area contributed by atoms with Gasteiger partial charge in [0.25, 0.3) is 0 Å². The van der Waals surface area contributed by atoms with Crippen molar-refractivity contribution in [1.82, 2.24) is 30.6 Å². The van der Waals surface area contributed by atoms with Crippen molar-refractivity contribution in [2.75, 3.05) is 33.2 Å². The van der Waals surface area contributed by atoms with Crippen LogP contribution in [0.25, 0.3) is 5.57 Å². The number of aryl methyl sites for hydroxylation is 1. The van der Waals surface area contributed by atoms with E-state index < -0.39 is 0 Å². The molecule has 7 heteroatoms. The minimum atomic E-state index is 0.229. The first-order valence-electron chi connectivity index (χ1n) is 13.6. The number of likely N-dealkylation sites (tertiary alicyclic amines) is 1. The lowest BCUT2D eigenvalue weighted by molar-refractivity contribution is 0.149. The highest BCUT2D eigenvalue weighted by molar-refractivity contribution is 5.66. The Kier molecular flexibility index (Phi) is 6.43. The van der Waals surface area contributed by atoms with Crippen LogP contribution in [0.1, 0.15) is 73.6 Å². The highest BCUT2D eigenvalue weighted by atomic mass is 16.3. The molecule has 6 rings (SSSR count). The van der Waals surface area contributed by atoms with Crippen LogP contribution in [0.15, 0.2) is 30.5 Å². The number of aromatic amines is 1. The summed E-state index contributed by atoms with van der Waals surface area (Å²) in [6.07, 6.45) is 11.4. The Bertz CT molecular complexity index is 1070. The second-order valence-corrected chi connectivity index (χ2v) is 11.2. The number of H-pyrrole nitrogens is 1. The fourth-order valence-corrected chi connectivity index (χ4v) is 6.98. The Hall–Kier alpha value is -2.19. The van der Waals surface area contributed by atoms with Gasteiger partial charge >= 0.3 is 0 Å². The van der Waals surface area contributed by atoms with Gasteiger partial charge in [0.15, 0.2) is 0 Å². The first-order valence-corrected chi connectivity index (χ1v) is 13.6. The summed E-state index contributed by atoms with van der Waals surface area (Å²) in [6, 6.07) is 7.31. The number of phenolic OH excluding ortho intramolecular Hbond substituents is 1. The molecule has 35 heavy (non-hydrogen) atoms. The van der Waals surface area contributed by atoms with Crippen LogP contribution in [-0.4, -0.2) is 70.2 Å². The van der Waals surface area contributed by atoms with Crippen molar-refractivity contribution >= 4 is 5.57 Å². The first kappa shape index (κ1) is 23.2. The number of phenols is 1. The van der Waals surface area contributed by atoms with Gasteiger partial charge in [-0.3, -0.25) is 10.3 Å². The largest absolute Gasteiger partial charge is 0.508 e. The Balaban J connectivity index is 1.09. The zero-order valence-electron chi connectivity index (χ0n) is 21.1. The van der Waals surface area contributed by atoms with Gasteiger partial charge in [0, 0.05) is 25.2 Å². The van der Waals surface area contributed by atoms with Gasteiger partial charge in [-0.1, -0.05) is 19.1 Å². The van der Waals surface area contributed by atoms with Crippen LogP contribution in [0, 0.1) is 5.92 Å². The fourth-order valence-electron chi connectivity index (χ4n) is 6.98. The summed E-state index contributed by atoms with van der Waals surface area (Å²) in [6.45, 7) is 6.69. The normalized spacial score (nSPS) is 30.5. The van der Waals surface area contributed by atoms with E-state index in [9.17, 15) is 5.11 Å². The lowest BCUT2D eigenvalue weighted by Crippen LogP contribution is -2.42. The number of piperidine rings is 1. The van der Waals surface area contributed by atoms with Crippen molar-refractivity contribution in [3.8, 4) is 5.75 Å². The minimum Gasteiger partial charge on any atom is -0.508 e. The van der Waals surface area contributed by atoms with E-state index in [2.05, 4.69) is 51.7 Å². The molecule has 2 aromatic rings. The monoisotopic (exact) mass is 476 g/mol. The molecule has 4 heterocycles. The molecule has 4 N–H and O–H groups in total. The van der Waals surface area contributed by atoms with Gasteiger partial charge in [0.2, 0.25) is 0 Å². The molecule has 0 spiro atoms. The molecule has 3 fully saturated rings. The number of aromatic hydroxyl groups is 1. The van der Waals surface area contributed by atoms with Crippen LogP contribution < -0.4 is 10.9 Å². The molecule has 1 aliphatic carbocycles. The molecule has 0 radical (unpaired) electrons. The van der Waals surface area contributed by atoms with Crippen molar-refractivity contribution < 1.29 is 5.11 Å². The molecular formula is C28H40N6O. The summed E-state index contributed by atoms with van der Waals surface area (Å²) < 4.78 is 0. The number of aromatic nitrogens is 2. The van der Waals surface area contributed by atoms with E-state index in [4.69, 9.17) is 4.98 Å². The highest BCUT2D eigenvalue weighted by Gasteiger charge is 2.42. The number of nitrogens with one attached hydrogen (secondary N) is 3. The van der Waals surface area contributed by atoms with E-state index in [-0.39, 0.29) is 6.04 Å². The van der Waals surface area contributed by atoms with Crippen LogP contribution in [0.4, 0.5) is 0 Å². The van der Waals surface area contributed by atoms with E-state index in [1.54, 1.807) is 0 Å². The van der Waals surface area contributed by atoms with Crippen molar-refractivity contribution in [2.45, 2.75) is 69.5 Å². The third-order valence-electron chi connectivity index (χ3n) is 9.09. The molecule has 0 bridgehead atoms. The van der Waals surface area contributed by atoms with Gasteiger partial charge in [-0.15, -0.1) is 0 Å². The molecule has 1 aromatic carbocycles. The van der Waals surface area contributed by atoms with Crippen LogP contribution in [0.5, 0.6) is 5.75 Å². The Morgan fingerprint density at radius 1 is 1.11 bits per heavy atom. The molecule has 1 aromatic heterocycles. The van der Waals surface area contributed by atoms with E-state index in [1.807, 2.05) is 18.3 Å². The van der Waals surface area contributed by atoms with Crippen LogP contribution in [0.3, 0.4) is 0 Å². The average molecular weight is 477 g/mol. The topological polar surface area (TPSA) is 79.5 Å². The Morgan fingerprint density at radius 2 is 1.97 bits per heavy atom. The van der Waals surface area contributed by atoms with E-state index in [0.29, 0.717) is 29.7 Å². The minimum absolute atomic E-state index is 0.229. The molecule has 4 atom stereocenters. The number of fused-ring (bicyclic) bond motifs is 1. The van der Waals surface area contributed by atoms with Gasteiger partial charge in [0.05, 0.1) is 17.9 Å². The highest BCUT2D eigenvalue weighted by Crippen LogP contribution is 2.44. The predicted octanol–water partition coefficient (Wildman–Crippen LogP) is 3.57. The third kappa shape index (κ3) is 4.55. The molecule has 2 saturated heterocycles. The van der Waals surface area contributed by atoms with Crippen LogP contribution in [-0.2, 0) is 6.42 Å². The smallest absolute Gasteiger partial charge is 0.125 e. The van der Waals surface area contributed by atoms with E-state index in [0.717, 1.165) is 31.8 Å². The summed E-state index contributed by atoms with van der Waals surface area (Å²) in [5, 5.41) is 9.91. The molecule has 7 nitrogen and oxygen atoms in total. The maximum absolute atomic E-state index is 9.91. The molecule has 3 aliphatic heterocycles. The second kappa shape index (κ2) is 9.69. The van der Waals surface area contributed by atoms with Gasteiger partial charge < -0.3 is 15.0 Å². The summed E-state index contributed by atoms with van der Waals surface area (Å²) in [5.74, 6) is 2.53. The summed E-state index contributed by atoms with van der Waals surface area (Å²) in [4.78, 5) is 13.6.